The average molecular weight is 258 g/mol. The van der Waals surface area contributed by atoms with E-state index in [-0.39, 0.29) is 0 Å². The molecule has 19 heavy (non-hydrogen) atoms. The predicted octanol–water partition coefficient (Wildman–Crippen LogP) is 2.16. The molecule has 2 aliphatic carbocycles. The molecule has 2 saturated carbocycles. The second-order valence-electron chi connectivity index (χ2n) is 6.41. The standard InChI is InChI=1S/C15H22N4/c16-12-7-11(8-12)13-9-14(19-5-1-2-6-19)18-15(17-13)10-3-4-10/h9-12H,1-8,16H2. The molecule has 2 N–H and O–H groups in total. The maximum atomic E-state index is 5.92. The Bertz CT molecular complexity index is 471. The molecule has 0 bridgehead atoms. The summed E-state index contributed by atoms with van der Waals surface area (Å²) in [6.45, 7) is 2.31. The van der Waals surface area contributed by atoms with Gasteiger partial charge >= 0.3 is 0 Å². The molecule has 0 atom stereocenters. The first kappa shape index (κ1) is 11.6. The van der Waals surface area contributed by atoms with E-state index in [9.17, 15) is 0 Å². The minimum Gasteiger partial charge on any atom is -0.357 e. The lowest BCUT2D eigenvalue weighted by Gasteiger charge is -2.32. The molecule has 1 aromatic heterocycles. The van der Waals surface area contributed by atoms with Crippen molar-refractivity contribution < 1.29 is 0 Å². The molecular weight excluding hydrogens is 236 g/mol. The molecule has 0 radical (unpaired) electrons. The zero-order valence-corrected chi connectivity index (χ0v) is 11.4. The van der Waals surface area contributed by atoms with Crippen molar-refractivity contribution in [2.45, 2.75) is 56.4 Å². The number of hydrogen-bond donors (Lipinski definition) is 1. The topological polar surface area (TPSA) is 55.0 Å². The Labute approximate surface area is 114 Å². The second kappa shape index (κ2) is 4.44. The lowest BCUT2D eigenvalue weighted by Crippen LogP contribution is -2.35. The molecule has 4 heteroatoms. The van der Waals surface area contributed by atoms with E-state index >= 15 is 0 Å². The number of aromatic nitrogens is 2. The summed E-state index contributed by atoms with van der Waals surface area (Å²) in [5, 5.41) is 0. The van der Waals surface area contributed by atoms with Crippen molar-refractivity contribution in [3.05, 3.63) is 17.6 Å². The highest BCUT2D eigenvalue weighted by molar-refractivity contribution is 5.42. The van der Waals surface area contributed by atoms with Crippen molar-refractivity contribution in [2.24, 2.45) is 5.73 Å². The van der Waals surface area contributed by atoms with Crippen LogP contribution in [0, 0.1) is 0 Å². The van der Waals surface area contributed by atoms with Gasteiger partial charge < -0.3 is 10.6 Å². The third kappa shape index (κ3) is 2.22. The monoisotopic (exact) mass is 258 g/mol. The van der Waals surface area contributed by atoms with E-state index in [1.54, 1.807) is 0 Å². The average Bonchev–Trinajstić information content (AvgIpc) is 3.10. The highest BCUT2D eigenvalue weighted by Gasteiger charge is 2.33. The van der Waals surface area contributed by atoms with Gasteiger partial charge in [-0.3, -0.25) is 0 Å². The molecule has 3 fully saturated rings. The third-order valence-electron chi connectivity index (χ3n) is 4.72. The van der Waals surface area contributed by atoms with Gasteiger partial charge in [-0.05, 0) is 38.5 Å². The molecule has 3 aliphatic rings. The number of hydrogen-bond acceptors (Lipinski definition) is 4. The van der Waals surface area contributed by atoms with Gasteiger partial charge in [0.05, 0.1) is 0 Å². The van der Waals surface area contributed by atoms with Crippen LogP contribution in [0.2, 0.25) is 0 Å². The summed E-state index contributed by atoms with van der Waals surface area (Å²) < 4.78 is 0. The number of nitrogens with zero attached hydrogens (tertiary/aromatic N) is 3. The lowest BCUT2D eigenvalue weighted by molar-refractivity contribution is 0.344. The van der Waals surface area contributed by atoms with E-state index in [0.717, 1.165) is 31.8 Å². The SMILES string of the molecule is NC1CC(c2cc(N3CCCC3)nc(C3CC3)n2)C1. The molecule has 2 heterocycles. The summed E-state index contributed by atoms with van der Waals surface area (Å²) in [5.74, 6) is 3.48. The quantitative estimate of drug-likeness (QED) is 0.902. The smallest absolute Gasteiger partial charge is 0.134 e. The number of anilines is 1. The van der Waals surface area contributed by atoms with Crippen molar-refractivity contribution in [2.75, 3.05) is 18.0 Å². The van der Waals surface area contributed by atoms with Gasteiger partial charge in [0.15, 0.2) is 0 Å². The van der Waals surface area contributed by atoms with Crippen LogP contribution in [0.3, 0.4) is 0 Å². The first-order chi connectivity index (χ1) is 9.29. The summed E-state index contributed by atoms with van der Waals surface area (Å²) in [7, 11) is 0. The van der Waals surface area contributed by atoms with Crippen LogP contribution < -0.4 is 10.6 Å². The van der Waals surface area contributed by atoms with Crippen LogP contribution in [-0.2, 0) is 0 Å². The van der Waals surface area contributed by atoms with E-state index in [1.807, 2.05) is 0 Å². The molecule has 4 rings (SSSR count). The largest absolute Gasteiger partial charge is 0.357 e. The van der Waals surface area contributed by atoms with Gasteiger partial charge in [0.25, 0.3) is 0 Å². The van der Waals surface area contributed by atoms with E-state index in [4.69, 9.17) is 15.7 Å². The molecule has 0 unspecified atom stereocenters. The molecule has 102 valence electrons. The maximum absolute atomic E-state index is 5.92. The van der Waals surface area contributed by atoms with Crippen molar-refractivity contribution in [1.29, 1.82) is 0 Å². The summed E-state index contributed by atoms with van der Waals surface area (Å²) in [6, 6.07) is 2.62. The van der Waals surface area contributed by atoms with Crippen LogP contribution in [0.4, 0.5) is 5.82 Å². The van der Waals surface area contributed by atoms with E-state index < -0.39 is 0 Å². The van der Waals surface area contributed by atoms with E-state index in [1.165, 1.54) is 37.2 Å². The molecule has 1 saturated heterocycles. The minimum absolute atomic E-state index is 0.388. The van der Waals surface area contributed by atoms with Gasteiger partial charge in [0, 0.05) is 42.7 Å². The molecule has 0 aromatic carbocycles. The zero-order chi connectivity index (χ0) is 12.8. The van der Waals surface area contributed by atoms with Crippen molar-refractivity contribution in [3.63, 3.8) is 0 Å². The molecule has 1 aliphatic heterocycles. The third-order valence-corrected chi connectivity index (χ3v) is 4.72. The molecular formula is C15H22N4. The van der Waals surface area contributed by atoms with Gasteiger partial charge in [0.1, 0.15) is 11.6 Å². The number of nitrogens with two attached hydrogens (primary N) is 1. The van der Waals surface area contributed by atoms with Gasteiger partial charge in [-0.25, -0.2) is 9.97 Å². The zero-order valence-electron chi connectivity index (χ0n) is 11.4. The van der Waals surface area contributed by atoms with Crippen LogP contribution in [-0.4, -0.2) is 29.1 Å². The van der Waals surface area contributed by atoms with Crippen molar-refractivity contribution in [3.8, 4) is 0 Å². The lowest BCUT2D eigenvalue weighted by atomic mass is 9.78. The summed E-state index contributed by atoms with van der Waals surface area (Å²) >= 11 is 0. The Hall–Kier alpha value is -1.16. The molecule has 0 spiro atoms. The van der Waals surface area contributed by atoms with Crippen LogP contribution in [0.25, 0.3) is 0 Å². The Morgan fingerprint density at radius 2 is 1.79 bits per heavy atom. The van der Waals surface area contributed by atoms with Gasteiger partial charge in [-0.2, -0.15) is 0 Å². The highest BCUT2D eigenvalue weighted by atomic mass is 15.2. The highest BCUT2D eigenvalue weighted by Crippen LogP contribution is 2.41. The fourth-order valence-electron chi connectivity index (χ4n) is 3.22. The van der Waals surface area contributed by atoms with E-state index in [2.05, 4.69) is 11.0 Å². The van der Waals surface area contributed by atoms with Crippen LogP contribution in [0.5, 0.6) is 0 Å². The Morgan fingerprint density at radius 1 is 1.05 bits per heavy atom. The Kier molecular flexibility index (Phi) is 2.72. The minimum atomic E-state index is 0.388. The first-order valence-electron chi connectivity index (χ1n) is 7.69. The predicted molar refractivity (Wildman–Crippen MR) is 75.4 cm³/mol. The van der Waals surface area contributed by atoms with Crippen LogP contribution >= 0.6 is 0 Å². The summed E-state index contributed by atoms with van der Waals surface area (Å²) in [5.41, 5.74) is 7.17. The van der Waals surface area contributed by atoms with Crippen molar-refractivity contribution in [1.82, 2.24) is 9.97 Å². The fourth-order valence-corrected chi connectivity index (χ4v) is 3.22. The summed E-state index contributed by atoms with van der Waals surface area (Å²) in [4.78, 5) is 12.1. The number of rotatable bonds is 3. The first-order valence-corrected chi connectivity index (χ1v) is 7.69. The maximum Gasteiger partial charge on any atom is 0.134 e. The Balaban J connectivity index is 1.65. The molecule has 1 aromatic rings. The van der Waals surface area contributed by atoms with Gasteiger partial charge in [0.2, 0.25) is 0 Å². The fraction of sp³-hybridized carbons (Fsp3) is 0.733. The van der Waals surface area contributed by atoms with Gasteiger partial charge in [-0.15, -0.1) is 0 Å². The van der Waals surface area contributed by atoms with Gasteiger partial charge in [-0.1, -0.05) is 0 Å². The molecule has 4 nitrogen and oxygen atoms in total. The molecule has 0 amide bonds. The Morgan fingerprint density at radius 3 is 2.42 bits per heavy atom. The summed E-state index contributed by atoms with van der Waals surface area (Å²) in [6.07, 6.45) is 7.33. The van der Waals surface area contributed by atoms with Crippen molar-refractivity contribution >= 4 is 5.82 Å². The normalized spacial score (nSPS) is 30.5. The van der Waals surface area contributed by atoms with Crippen LogP contribution in [0.1, 0.15) is 61.9 Å². The van der Waals surface area contributed by atoms with Crippen LogP contribution in [0.15, 0.2) is 6.07 Å². The second-order valence-corrected chi connectivity index (χ2v) is 6.41. The van der Waals surface area contributed by atoms with E-state index in [0.29, 0.717) is 17.9 Å².